The Hall–Kier alpha value is -2.10. The lowest BCUT2D eigenvalue weighted by molar-refractivity contribution is 0.477. The average molecular weight is 258 g/mol. The van der Waals surface area contributed by atoms with Crippen molar-refractivity contribution in [1.29, 1.82) is 0 Å². The number of nitrogens with zero attached hydrogens (tertiary/aromatic N) is 2. The standard InChI is InChI=1S/C15H18N2O2/c1-4-16-10(3)13-14(18)11-8-6-7-9-12(11)17(5-2)15(13)19/h6-9,18H,4-5H2,1-3H3. The number of rotatable bonds is 3. The van der Waals surface area contributed by atoms with Crippen LogP contribution in [0, 0.1) is 0 Å². The average Bonchev–Trinajstić information content (AvgIpc) is 2.40. The third-order valence-electron chi connectivity index (χ3n) is 3.22. The van der Waals surface area contributed by atoms with Crippen molar-refractivity contribution in [3.05, 3.63) is 40.2 Å². The molecule has 1 heterocycles. The van der Waals surface area contributed by atoms with Gasteiger partial charge in [0.25, 0.3) is 5.56 Å². The van der Waals surface area contributed by atoms with Crippen LogP contribution in [0.4, 0.5) is 0 Å². The first kappa shape index (κ1) is 13.3. The number of fused-ring (bicyclic) bond motifs is 1. The van der Waals surface area contributed by atoms with E-state index in [9.17, 15) is 9.90 Å². The molecule has 2 aromatic rings. The predicted molar refractivity (Wildman–Crippen MR) is 78.3 cm³/mol. The van der Waals surface area contributed by atoms with Crippen molar-refractivity contribution in [2.75, 3.05) is 6.54 Å². The normalized spacial score (nSPS) is 12.1. The number of benzene rings is 1. The van der Waals surface area contributed by atoms with E-state index < -0.39 is 0 Å². The van der Waals surface area contributed by atoms with E-state index >= 15 is 0 Å². The van der Waals surface area contributed by atoms with Crippen molar-refractivity contribution in [3.63, 3.8) is 0 Å². The Morgan fingerprint density at radius 2 is 2.00 bits per heavy atom. The molecule has 19 heavy (non-hydrogen) atoms. The molecule has 0 aliphatic rings. The van der Waals surface area contributed by atoms with E-state index in [1.54, 1.807) is 11.5 Å². The van der Waals surface area contributed by atoms with E-state index in [2.05, 4.69) is 4.99 Å². The molecule has 100 valence electrons. The monoisotopic (exact) mass is 258 g/mol. The van der Waals surface area contributed by atoms with Crippen LogP contribution >= 0.6 is 0 Å². The number of aryl methyl sites for hydroxylation is 1. The van der Waals surface area contributed by atoms with Gasteiger partial charge in [0, 0.05) is 24.2 Å². The van der Waals surface area contributed by atoms with Crippen molar-refractivity contribution in [2.45, 2.75) is 27.3 Å². The molecule has 0 fully saturated rings. The molecule has 0 aliphatic heterocycles. The summed E-state index contributed by atoms with van der Waals surface area (Å²) < 4.78 is 1.67. The van der Waals surface area contributed by atoms with Crippen LogP contribution in [0.3, 0.4) is 0 Å². The summed E-state index contributed by atoms with van der Waals surface area (Å²) in [7, 11) is 0. The number of para-hydroxylation sites is 1. The number of hydrogen-bond donors (Lipinski definition) is 1. The third-order valence-corrected chi connectivity index (χ3v) is 3.22. The highest BCUT2D eigenvalue weighted by Crippen LogP contribution is 2.26. The zero-order chi connectivity index (χ0) is 14.0. The lowest BCUT2D eigenvalue weighted by Crippen LogP contribution is -2.26. The molecule has 1 aromatic heterocycles. The molecule has 4 nitrogen and oxygen atoms in total. The fourth-order valence-electron chi connectivity index (χ4n) is 2.35. The molecule has 0 amide bonds. The lowest BCUT2D eigenvalue weighted by atomic mass is 10.1. The fourth-order valence-corrected chi connectivity index (χ4v) is 2.35. The zero-order valence-electron chi connectivity index (χ0n) is 11.5. The van der Waals surface area contributed by atoms with Crippen molar-refractivity contribution in [1.82, 2.24) is 4.57 Å². The van der Waals surface area contributed by atoms with Gasteiger partial charge in [0.05, 0.1) is 5.52 Å². The summed E-state index contributed by atoms with van der Waals surface area (Å²) >= 11 is 0. The zero-order valence-corrected chi connectivity index (χ0v) is 11.5. The largest absolute Gasteiger partial charge is 0.506 e. The first-order valence-electron chi connectivity index (χ1n) is 6.47. The van der Waals surface area contributed by atoms with Gasteiger partial charge in [0.2, 0.25) is 0 Å². The molecule has 0 aliphatic carbocycles. The van der Waals surface area contributed by atoms with Gasteiger partial charge in [0.1, 0.15) is 11.3 Å². The fraction of sp³-hybridized carbons (Fsp3) is 0.333. The minimum atomic E-state index is -0.187. The van der Waals surface area contributed by atoms with Crippen LogP contribution in [0.25, 0.3) is 10.9 Å². The smallest absolute Gasteiger partial charge is 0.263 e. The van der Waals surface area contributed by atoms with E-state index in [1.807, 2.05) is 38.1 Å². The summed E-state index contributed by atoms with van der Waals surface area (Å²) in [4.78, 5) is 16.7. The van der Waals surface area contributed by atoms with Gasteiger partial charge in [-0.05, 0) is 32.9 Å². The first-order chi connectivity index (χ1) is 9.11. The number of aromatic hydroxyl groups is 1. The molecule has 0 saturated carbocycles. The van der Waals surface area contributed by atoms with Gasteiger partial charge in [-0.3, -0.25) is 9.79 Å². The molecule has 0 atom stereocenters. The third kappa shape index (κ3) is 2.14. The second-order valence-electron chi connectivity index (χ2n) is 4.35. The molecule has 0 radical (unpaired) electrons. The predicted octanol–water partition coefficient (Wildman–Crippen LogP) is 2.56. The molecular formula is C15H18N2O2. The summed E-state index contributed by atoms with van der Waals surface area (Å²) in [5.74, 6) is 0.0278. The van der Waals surface area contributed by atoms with Gasteiger partial charge >= 0.3 is 0 Å². The van der Waals surface area contributed by atoms with E-state index in [1.165, 1.54) is 0 Å². The lowest BCUT2D eigenvalue weighted by Gasteiger charge is -2.13. The molecule has 0 saturated heterocycles. The van der Waals surface area contributed by atoms with Gasteiger partial charge < -0.3 is 9.67 Å². The van der Waals surface area contributed by atoms with Crippen LogP contribution in [0.15, 0.2) is 34.1 Å². The van der Waals surface area contributed by atoms with Crippen LogP contribution in [0.2, 0.25) is 0 Å². The first-order valence-corrected chi connectivity index (χ1v) is 6.47. The van der Waals surface area contributed by atoms with Crippen LogP contribution in [0.5, 0.6) is 5.75 Å². The van der Waals surface area contributed by atoms with Crippen molar-refractivity contribution in [2.24, 2.45) is 4.99 Å². The number of hydrogen-bond acceptors (Lipinski definition) is 3. The maximum Gasteiger partial charge on any atom is 0.263 e. The van der Waals surface area contributed by atoms with Crippen LogP contribution < -0.4 is 5.56 Å². The second kappa shape index (κ2) is 5.26. The summed E-state index contributed by atoms with van der Waals surface area (Å²) in [6.45, 7) is 6.73. The summed E-state index contributed by atoms with van der Waals surface area (Å²) in [6.07, 6.45) is 0. The summed E-state index contributed by atoms with van der Waals surface area (Å²) in [6, 6.07) is 7.37. The number of pyridine rings is 1. The Kier molecular flexibility index (Phi) is 3.69. The Morgan fingerprint density at radius 1 is 1.32 bits per heavy atom. The van der Waals surface area contributed by atoms with Gasteiger partial charge in [-0.2, -0.15) is 0 Å². The van der Waals surface area contributed by atoms with Crippen molar-refractivity contribution >= 4 is 16.6 Å². The Morgan fingerprint density at radius 3 is 2.63 bits per heavy atom. The van der Waals surface area contributed by atoms with Crippen molar-refractivity contribution in [3.8, 4) is 5.75 Å². The minimum Gasteiger partial charge on any atom is -0.506 e. The Bertz CT molecular complexity index is 699. The van der Waals surface area contributed by atoms with E-state index in [0.29, 0.717) is 29.8 Å². The minimum absolute atomic E-state index is 0.0278. The topological polar surface area (TPSA) is 54.6 Å². The van der Waals surface area contributed by atoms with E-state index in [4.69, 9.17) is 0 Å². The molecule has 0 bridgehead atoms. The highest BCUT2D eigenvalue weighted by molar-refractivity contribution is 6.05. The van der Waals surface area contributed by atoms with Gasteiger partial charge in [-0.25, -0.2) is 0 Å². The quantitative estimate of drug-likeness (QED) is 0.860. The molecular weight excluding hydrogens is 240 g/mol. The van der Waals surface area contributed by atoms with Crippen LogP contribution in [-0.2, 0) is 6.54 Å². The Balaban J connectivity index is 2.94. The molecule has 1 aromatic carbocycles. The summed E-state index contributed by atoms with van der Waals surface area (Å²) in [5, 5.41) is 11.0. The van der Waals surface area contributed by atoms with Gasteiger partial charge in [-0.1, -0.05) is 12.1 Å². The van der Waals surface area contributed by atoms with Crippen LogP contribution in [0.1, 0.15) is 26.3 Å². The number of aromatic nitrogens is 1. The highest BCUT2D eigenvalue weighted by Gasteiger charge is 2.17. The SMILES string of the molecule is CCN=C(C)c1c(O)c2ccccc2n(CC)c1=O. The maximum atomic E-state index is 12.5. The van der Waals surface area contributed by atoms with Crippen LogP contribution in [-0.4, -0.2) is 21.9 Å². The molecule has 2 rings (SSSR count). The molecule has 1 N–H and O–H groups in total. The maximum absolute atomic E-state index is 12.5. The van der Waals surface area contributed by atoms with E-state index in [0.717, 1.165) is 5.52 Å². The van der Waals surface area contributed by atoms with E-state index in [-0.39, 0.29) is 11.3 Å². The summed E-state index contributed by atoms with van der Waals surface area (Å²) in [5.41, 5.74) is 1.45. The molecule has 0 spiro atoms. The number of aliphatic imine (C=N–C) groups is 1. The van der Waals surface area contributed by atoms with Gasteiger partial charge in [-0.15, -0.1) is 0 Å². The van der Waals surface area contributed by atoms with Crippen molar-refractivity contribution < 1.29 is 5.11 Å². The molecule has 0 unspecified atom stereocenters. The Labute approximate surface area is 112 Å². The molecule has 4 heteroatoms. The van der Waals surface area contributed by atoms with Gasteiger partial charge in [0.15, 0.2) is 0 Å². The second-order valence-corrected chi connectivity index (χ2v) is 4.35. The highest BCUT2D eigenvalue weighted by atomic mass is 16.3.